The second-order valence-corrected chi connectivity index (χ2v) is 7.29. The zero-order valence-electron chi connectivity index (χ0n) is 12.6. The Morgan fingerprint density at radius 3 is 2.15 bits per heavy atom. The molecule has 0 aliphatic rings. The van der Waals surface area contributed by atoms with Crippen molar-refractivity contribution in [1.82, 2.24) is 0 Å². The molecule has 0 aliphatic heterocycles. The predicted octanol–water partition coefficient (Wildman–Crippen LogP) is 4.98. The monoisotopic (exact) mass is 349 g/mol. The maximum atomic E-state index is 4.81. The molecule has 2 aromatic carbocycles. The molecule has 2 rings (SSSR count). The van der Waals surface area contributed by atoms with Crippen molar-refractivity contribution in [2.45, 2.75) is 33.1 Å². The van der Waals surface area contributed by atoms with Crippen molar-refractivity contribution < 1.29 is 17.9 Å². The normalized spacial score (nSPS) is 11.0. The molecular weight excluding hydrogens is 326 g/mol. The number of aryl methyl sites for hydroxylation is 2. The van der Waals surface area contributed by atoms with Crippen LogP contribution < -0.4 is 0 Å². The Labute approximate surface area is 130 Å². The van der Waals surface area contributed by atoms with E-state index < -0.39 is 17.9 Å². The predicted molar refractivity (Wildman–Crippen MR) is 83.5 cm³/mol. The minimum absolute atomic E-state index is 0.103. The molecule has 0 heterocycles. The van der Waals surface area contributed by atoms with Crippen LogP contribution in [0, 0.1) is 13.8 Å². The molecule has 0 amide bonds. The van der Waals surface area contributed by atoms with Gasteiger partial charge in [-0.25, -0.2) is 0 Å². The molecule has 104 valence electrons. The van der Waals surface area contributed by atoms with Crippen molar-refractivity contribution in [3.8, 4) is 0 Å². The van der Waals surface area contributed by atoms with Gasteiger partial charge in [-0.2, -0.15) is 0 Å². The Balaban J connectivity index is 2.26. The summed E-state index contributed by atoms with van der Waals surface area (Å²) in [7, 11) is 0. The van der Waals surface area contributed by atoms with E-state index in [0.717, 1.165) is 5.69 Å². The van der Waals surface area contributed by atoms with Gasteiger partial charge >= 0.3 is 130 Å². The van der Waals surface area contributed by atoms with Crippen molar-refractivity contribution >= 4 is 10.1 Å². The number of hydrogen-bond acceptors (Lipinski definition) is 1. The summed E-state index contributed by atoms with van der Waals surface area (Å²) in [6.07, 6.45) is 0. The fourth-order valence-corrected chi connectivity index (χ4v) is 3.83. The molecule has 0 aliphatic carbocycles. The van der Waals surface area contributed by atoms with E-state index in [1.165, 1.54) is 16.7 Å². The maximum absolute atomic E-state index is 4.81. The van der Waals surface area contributed by atoms with E-state index in [0.29, 0.717) is 0 Å². The number of hydrogen-bond donors (Lipinski definition) is 0. The summed E-state index contributed by atoms with van der Waals surface area (Å²) in [5.74, 6) is 0. The average molecular weight is 347 g/mol. The molecule has 0 saturated carbocycles. The second-order valence-electron chi connectivity index (χ2n) is 5.75. The van der Waals surface area contributed by atoms with Crippen molar-refractivity contribution in [3.05, 3.63) is 65.2 Å². The molecule has 0 N–H and O–H groups in total. The molecule has 0 atom stereocenters. The van der Waals surface area contributed by atoms with Crippen LogP contribution in [-0.4, -0.2) is 4.40 Å². The third-order valence-corrected chi connectivity index (χ3v) is 5.71. The summed E-state index contributed by atoms with van der Waals surface area (Å²) >= 11 is -0.483. The summed E-state index contributed by atoms with van der Waals surface area (Å²) in [6.45, 7) is 8.79. The zero-order chi connectivity index (χ0) is 14.6. The van der Waals surface area contributed by atoms with Crippen LogP contribution in [0.15, 0.2) is 52.0 Å². The fourth-order valence-electron chi connectivity index (χ4n) is 2.16. The Hall–Kier alpha value is -1.20. The van der Waals surface area contributed by atoms with Gasteiger partial charge in [-0.1, -0.05) is 0 Å². The van der Waals surface area contributed by atoms with E-state index >= 15 is 0 Å². The zero-order valence-corrected chi connectivity index (χ0v) is 14.6. The van der Waals surface area contributed by atoms with E-state index in [-0.39, 0.29) is 5.41 Å². The first-order valence-corrected chi connectivity index (χ1v) is 8.88. The number of nitrogens with zero attached hydrogens (tertiary/aromatic N) is 1. The van der Waals surface area contributed by atoms with Gasteiger partial charge in [-0.05, 0) is 0 Å². The molecule has 1 nitrogen and oxygen atoms in total. The molecule has 0 spiro atoms. The molecular formula is C18H21MoN. The summed E-state index contributed by atoms with van der Waals surface area (Å²) in [5.41, 5.74) is 5.18. The molecule has 0 aromatic heterocycles. The van der Waals surface area contributed by atoms with Crippen LogP contribution in [0.2, 0.25) is 0 Å². The second kappa shape index (κ2) is 6.50. The van der Waals surface area contributed by atoms with E-state index in [1.807, 2.05) is 0 Å². The van der Waals surface area contributed by atoms with Crippen LogP contribution in [0.3, 0.4) is 0 Å². The van der Waals surface area contributed by atoms with Gasteiger partial charge in [-0.15, -0.1) is 0 Å². The molecule has 0 bridgehead atoms. The van der Waals surface area contributed by atoms with Crippen molar-refractivity contribution in [2.75, 3.05) is 0 Å². The van der Waals surface area contributed by atoms with Gasteiger partial charge in [-0.3, -0.25) is 0 Å². The topological polar surface area (TPSA) is 12.4 Å². The van der Waals surface area contributed by atoms with Crippen LogP contribution in [0.25, 0.3) is 0 Å². The third-order valence-electron chi connectivity index (χ3n) is 3.23. The standard InChI is InChI=1S/C10H12.C8H9N.Mo/c1-10(2,3)9-7-5-4-6-8-9;1-6-3-7(2)5-8(9)4-6;/h1,4-8H,2-3H3;3-5H,1-2H3;. The van der Waals surface area contributed by atoms with Crippen LogP contribution in [-0.2, 0) is 23.3 Å². The van der Waals surface area contributed by atoms with E-state index in [4.69, 9.17) is 3.50 Å². The first kappa shape index (κ1) is 15.2. The average Bonchev–Trinajstić information content (AvgIpc) is 2.38. The molecule has 2 aromatic rings. The van der Waals surface area contributed by atoms with Gasteiger partial charge in [0, 0.05) is 0 Å². The van der Waals surface area contributed by atoms with Crippen LogP contribution in [0.1, 0.15) is 30.5 Å². The SMILES string of the molecule is Cc1cc(C)cc([N]=[Mo]=[CH]C(C)(C)c2ccccc2)c1. The first-order chi connectivity index (χ1) is 9.47. The van der Waals surface area contributed by atoms with Crippen molar-refractivity contribution in [1.29, 1.82) is 0 Å². The molecule has 20 heavy (non-hydrogen) atoms. The Bertz CT molecular complexity index is 630. The molecule has 0 fully saturated rings. The summed E-state index contributed by atoms with van der Waals surface area (Å²) in [6, 6.07) is 17.2. The third kappa shape index (κ3) is 4.15. The fraction of sp³-hybridized carbons (Fsp3) is 0.278. The van der Waals surface area contributed by atoms with Gasteiger partial charge in [0.15, 0.2) is 0 Å². The van der Waals surface area contributed by atoms with Gasteiger partial charge < -0.3 is 0 Å². The van der Waals surface area contributed by atoms with Gasteiger partial charge in [0.25, 0.3) is 0 Å². The van der Waals surface area contributed by atoms with E-state index in [9.17, 15) is 0 Å². The minimum atomic E-state index is -0.483. The quantitative estimate of drug-likeness (QED) is 0.695. The van der Waals surface area contributed by atoms with E-state index in [2.05, 4.69) is 80.6 Å². The Morgan fingerprint density at radius 2 is 1.55 bits per heavy atom. The van der Waals surface area contributed by atoms with Crippen LogP contribution in [0.4, 0.5) is 5.69 Å². The van der Waals surface area contributed by atoms with Crippen LogP contribution >= 0.6 is 0 Å². The van der Waals surface area contributed by atoms with E-state index in [1.54, 1.807) is 0 Å². The molecule has 0 saturated heterocycles. The Morgan fingerprint density at radius 1 is 0.950 bits per heavy atom. The molecule has 2 heteroatoms. The first-order valence-electron chi connectivity index (χ1n) is 6.82. The number of rotatable bonds is 3. The van der Waals surface area contributed by atoms with Crippen LogP contribution in [0.5, 0.6) is 0 Å². The summed E-state index contributed by atoms with van der Waals surface area (Å²) < 4.78 is 7.22. The summed E-state index contributed by atoms with van der Waals surface area (Å²) in [5, 5.41) is 0. The Kier molecular flexibility index (Phi) is 4.94. The molecule has 0 unspecified atom stereocenters. The van der Waals surface area contributed by atoms with Crippen molar-refractivity contribution in [2.24, 2.45) is 3.50 Å². The molecule has 0 radical (unpaired) electrons. The van der Waals surface area contributed by atoms with Gasteiger partial charge in [0.05, 0.1) is 0 Å². The van der Waals surface area contributed by atoms with Gasteiger partial charge in [0.1, 0.15) is 0 Å². The number of benzene rings is 2. The summed E-state index contributed by atoms with van der Waals surface area (Å²) in [4.78, 5) is 0. The van der Waals surface area contributed by atoms with Gasteiger partial charge in [0.2, 0.25) is 0 Å². The van der Waals surface area contributed by atoms with Crippen molar-refractivity contribution in [3.63, 3.8) is 0 Å².